The van der Waals surface area contributed by atoms with Crippen LogP contribution in [0.4, 0.5) is 17.1 Å². The Morgan fingerprint density at radius 3 is 2.70 bits per heavy atom. The van der Waals surface area contributed by atoms with Gasteiger partial charge in [-0.15, -0.1) is 10.2 Å². The second-order valence-corrected chi connectivity index (χ2v) is 8.03. The average Bonchev–Trinajstić information content (AvgIpc) is 2.95. The number of nitrogens with one attached hydrogen (secondary N) is 1. The molecule has 0 aliphatic heterocycles. The summed E-state index contributed by atoms with van der Waals surface area (Å²) in [6.07, 6.45) is 0. The number of nitro groups is 1. The number of hydrogen-bond acceptors (Lipinski definition) is 7. The first kappa shape index (κ1) is 21.3. The summed E-state index contributed by atoms with van der Waals surface area (Å²) in [5, 5.41) is 37.4. The van der Waals surface area contributed by atoms with Crippen molar-refractivity contribution < 1.29 is 18.4 Å². The second-order valence-electron chi connectivity index (χ2n) is 6.08. The topological polar surface area (TPSA) is 165 Å². The first-order valence-corrected chi connectivity index (χ1v) is 10.4. The zero-order valence-corrected chi connectivity index (χ0v) is 17.1. The highest BCUT2D eigenvalue weighted by molar-refractivity contribution is 7.89. The molecule has 0 spiro atoms. The number of aromatic hydroxyl groups is 1. The second kappa shape index (κ2) is 8.14. The van der Waals surface area contributed by atoms with Gasteiger partial charge in [0.1, 0.15) is 0 Å². The first-order chi connectivity index (χ1) is 14.1. The van der Waals surface area contributed by atoms with Crippen molar-refractivity contribution in [2.45, 2.75) is 18.4 Å². The number of anilines is 1. The normalized spacial score (nSPS) is 11.8. The van der Waals surface area contributed by atoms with Gasteiger partial charge in [0.05, 0.1) is 15.3 Å². The van der Waals surface area contributed by atoms with Crippen LogP contribution < -0.4 is 10.5 Å². The van der Waals surface area contributed by atoms with Crippen molar-refractivity contribution in [2.24, 2.45) is 15.4 Å². The molecule has 156 valence electrons. The number of nitrogens with zero attached hydrogens (tertiary/aromatic N) is 4. The number of primary sulfonamides is 1. The molecule has 0 saturated carbocycles. The lowest BCUT2D eigenvalue weighted by Gasteiger charge is -2.05. The maximum absolute atomic E-state index is 11.4. The maximum atomic E-state index is 11.4. The number of thiocarbonyl (C=S) groups is 1. The number of rotatable bonds is 5. The predicted molar refractivity (Wildman–Crippen MR) is 114 cm³/mol. The molecule has 3 rings (SSSR count). The molecule has 30 heavy (non-hydrogen) atoms. The van der Waals surface area contributed by atoms with Crippen molar-refractivity contribution in [2.75, 3.05) is 5.32 Å². The summed E-state index contributed by atoms with van der Waals surface area (Å²) < 4.78 is 24.4. The number of fused-ring (bicyclic) bond motifs is 1. The highest BCUT2D eigenvalue weighted by atomic mass is 32.2. The van der Waals surface area contributed by atoms with Crippen LogP contribution in [0, 0.1) is 10.1 Å². The minimum atomic E-state index is -3.89. The molecule has 0 unspecified atom stereocenters. The first-order valence-electron chi connectivity index (χ1n) is 8.47. The summed E-state index contributed by atoms with van der Waals surface area (Å²) in [5.41, 5.74) is 0.737. The molecular formula is C17H16N6O5S2. The molecule has 0 radical (unpaired) electrons. The lowest BCUT2D eigenvalue weighted by molar-refractivity contribution is -0.384. The summed E-state index contributed by atoms with van der Waals surface area (Å²) in [6, 6.07) is 9.78. The molecule has 0 fully saturated rings. The number of aromatic nitrogens is 1. The number of hydrogen-bond donors (Lipinski definition) is 3. The molecule has 0 bridgehead atoms. The fourth-order valence-corrected chi connectivity index (χ4v) is 3.56. The van der Waals surface area contributed by atoms with Crippen LogP contribution in [0.1, 0.15) is 6.92 Å². The van der Waals surface area contributed by atoms with Crippen LogP contribution in [0.3, 0.4) is 0 Å². The van der Waals surface area contributed by atoms with Gasteiger partial charge in [-0.25, -0.2) is 13.6 Å². The SMILES string of the molecule is CCn1c(O)c(N=NC(=S)Nc2cccc(S(N)(=O)=O)c2)c2cc([N+](=O)[O-])ccc21. The predicted octanol–water partition coefficient (Wildman–Crippen LogP) is 3.40. The Morgan fingerprint density at radius 1 is 1.33 bits per heavy atom. The Morgan fingerprint density at radius 2 is 2.07 bits per heavy atom. The Kier molecular flexibility index (Phi) is 5.78. The van der Waals surface area contributed by atoms with E-state index in [0.29, 0.717) is 23.1 Å². The Labute approximate surface area is 176 Å². The van der Waals surface area contributed by atoms with E-state index < -0.39 is 14.9 Å². The van der Waals surface area contributed by atoms with Crippen molar-refractivity contribution in [3.63, 3.8) is 0 Å². The number of benzene rings is 2. The highest BCUT2D eigenvalue weighted by Crippen LogP contribution is 2.40. The van der Waals surface area contributed by atoms with Crippen LogP contribution in [-0.4, -0.2) is 28.1 Å². The van der Waals surface area contributed by atoms with E-state index in [1.807, 2.05) is 0 Å². The molecule has 4 N–H and O–H groups in total. The third-order valence-electron chi connectivity index (χ3n) is 4.18. The summed E-state index contributed by atoms with van der Waals surface area (Å²) in [7, 11) is -3.89. The van der Waals surface area contributed by atoms with Gasteiger partial charge in [0, 0.05) is 29.8 Å². The van der Waals surface area contributed by atoms with E-state index in [-0.39, 0.29) is 27.3 Å². The van der Waals surface area contributed by atoms with Crippen molar-refractivity contribution in [3.8, 4) is 5.88 Å². The largest absolute Gasteiger partial charge is 0.493 e. The summed E-state index contributed by atoms with van der Waals surface area (Å²) in [6.45, 7) is 2.20. The van der Waals surface area contributed by atoms with Crippen LogP contribution in [-0.2, 0) is 16.6 Å². The Balaban J connectivity index is 1.93. The van der Waals surface area contributed by atoms with Gasteiger partial charge < -0.3 is 15.0 Å². The van der Waals surface area contributed by atoms with Gasteiger partial charge in [0.25, 0.3) is 5.69 Å². The van der Waals surface area contributed by atoms with Gasteiger partial charge in [-0.2, -0.15) is 0 Å². The van der Waals surface area contributed by atoms with Gasteiger partial charge in [-0.05, 0) is 43.4 Å². The molecule has 1 heterocycles. The van der Waals surface area contributed by atoms with Crippen LogP contribution in [0.5, 0.6) is 5.88 Å². The smallest absolute Gasteiger partial charge is 0.270 e. The van der Waals surface area contributed by atoms with Gasteiger partial charge in [-0.3, -0.25) is 10.1 Å². The van der Waals surface area contributed by atoms with Crippen LogP contribution in [0.2, 0.25) is 0 Å². The fraction of sp³-hybridized carbons (Fsp3) is 0.118. The minimum Gasteiger partial charge on any atom is -0.493 e. The standard InChI is InChI=1S/C17H16N6O5S2/c1-2-22-14-7-6-11(23(25)26)9-13(14)15(16(22)24)20-21-17(29)19-10-4-3-5-12(8-10)30(18,27)28/h3-9,24H,2H2,1H3,(H,19,29)(H2,18,27,28). The summed E-state index contributed by atoms with van der Waals surface area (Å²) in [5.74, 6) is -0.212. The molecule has 0 atom stereocenters. The summed E-state index contributed by atoms with van der Waals surface area (Å²) >= 11 is 5.09. The van der Waals surface area contributed by atoms with E-state index >= 15 is 0 Å². The maximum Gasteiger partial charge on any atom is 0.270 e. The number of azo groups is 1. The third-order valence-corrected chi connectivity index (χ3v) is 5.27. The number of aryl methyl sites for hydroxylation is 1. The van der Waals surface area contributed by atoms with E-state index in [1.54, 1.807) is 13.0 Å². The van der Waals surface area contributed by atoms with E-state index in [1.165, 1.54) is 41.0 Å². The molecule has 1 aromatic heterocycles. The quantitative estimate of drug-likeness (QED) is 0.233. The van der Waals surface area contributed by atoms with Crippen LogP contribution >= 0.6 is 12.2 Å². The van der Waals surface area contributed by atoms with E-state index in [9.17, 15) is 23.6 Å². The van der Waals surface area contributed by atoms with E-state index in [0.717, 1.165) is 0 Å². The van der Waals surface area contributed by atoms with Gasteiger partial charge in [0.2, 0.25) is 21.0 Å². The molecule has 2 aromatic carbocycles. The average molecular weight is 448 g/mol. The van der Waals surface area contributed by atoms with Crippen LogP contribution in [0.25, 0.3) is 10.9 Å². The van der Waals surface area contributed by atoms with Crippen molar-refractivity contribution in [1.82, 2.24) is 4.57 Å². The number of non-ortho nitro benzene ring substituents is 1. The number of nitro benzene ring substituents is 1. The zero-order valence-electron chi connectivity index (χ0n) is 15.5. The lowest BCUT2D eigenvalue weighted by Crippen LogP contribution is -2.13. The van der Waals surface area contributed by atoms with Gasteiger partial charge in [-0.1, -0.05) is 6.07 Å². The minimum absolute atomic E-state index is 0.0259. The number of sulfonamides is 1. The van der Waals surface area contributed by atoms with Crippen molar-refractivity contribution in [3.05, 3.63) is 52.6 Å². The highest BCUT2D eigenvalue weighted by Gasteiger charge is 2.19. The Hall–Kier alpha value is -3.42. The van der Waals surface area contributed by atoms with E-state index in [2.05, 4.69) is 15.5 Å². The molecule has 13 heteroatoms. The number of nitrogens with two attached hydrogens (primary N) is 1. The molecule has 0 amide bonds. The lowest BCUT2D eigenvalue weighted by atomic mass is 10.2. The van der Waals surface area contributed by atoms with Gasteiger partial charge >= 0.3 is 0 Å². The molecule has 11 nitrogen and oxygen atoms in total. The van der Waals surface area contributed by atoms with E-state index in [4.69, 9.17) is 17.4 Å². The Bertz CT molecular complexity index is 1300. The third kappa shape index (κ3) is 4.27. The molecule has 0 aliphatic rings. The molecular weight excluding hydrogens is 432 g/mol. The molecule has 0 aliphatic carbocycles. The van der Waals surface area contributed by atoms with Crippen molar-refractivity contribution >= 4 is 55.3 Å². The zero-order chi connectivity index (χ0) is 22.1. The fourth-order valence-electron chi connectivity index (χ4n) is 2.84. The molecule has 3 aromatic rings. The monoisotopic (exact) mass is 448 g/mol. The van der Waals surface area contributed by atoms with Gasteiger partial charge in [0.15, 0.2) is 5.69 Å². The summed E-state index contributed by atoms with van der Waals surface area (Å²) in [4.78, 5) is 10.4. The van der Waals surface area contributed by atoms with Crippen LogP contribution in [0.15, 0.2) is 57.6 Å². The van der Waals surface area contributed by atoms with Crippen molar-refractivity contribution in [1.29, 1.82) is 0 Å². The molecule has 0 saturated heterocycles.